The van der Waals surface area contributed by atoms with E-state index in [1.165, 1.54) is 31.2 Å². The van der Waals surface area contributed by atoms with E-state index in [4.69, 9.17) is 4.74 Å². The van der Waals surface area contributed by atoms with E-state index in [2.05, 4.69) is 31.2 Å². The lowest BCUT2D eigenvalue weighted by Gasteiger charge is -2.15. The van der Waals surface area contributed by atoms with Gasteiger partial charge in [-0.3, -0.25) is 0 Å². The van der Waals surface area contributed by atoms with Gasteiger partial charge in [0.15, 0.2) is 0 Å². The number of rotatable bonds is 4. The molecule has 1 aromatic carbocycles. The summed E-state index contributed by atoms with van der Waals surface area (Å²) in [6.07, 6.45) is 6.35. The smallest absolute Gasteiger partial charge is 0.135 e. The molecule has 81 valence electrons. The fraction of sp³-hybridized carbons (Fsp3) is 0.500. The molecule has 1 aliphatic rings. The summed E-state index contributed by atoms with van der Waals surface area (Å²) in [5.74, 6) is 1.79. The first kappa shape index (κ1) is 10.5. The quantitative estimate of drug-likeness (QED) is 0.709. The molecule has 0 N–H and O–H groups in total. The zero-order valence-electron chi connectivity index (χ0n) is 9.41. The Balaban J connectivity index is 2.13. The van der Waals surface area contributed by atoms with Gasteiger partial charge in [-0.1, -0.05) is 38.0 Å². The third-order valence-electron chi connectivity index (χ3n) is 3.09. The van der Waals surface area contributed by atoms with Crippen LogP contribution in [0.5, 0.6) is 5.75 Å². The SMILES string of the molecule is CC[CH]Oc1ccccc1C1CCCC1. The highest BCUT2D eigenvalue weighted by molar-refractivity contribution is 5.37. The third kappa shape index (κ3) is 2.53. The standard InChI is InChI=1S/C14H19O/c1-2-11-15-14-10-6-5-9-13(14)12-7-3-4-8-12/h5-6,9-12H,2-4,7-8H2,1H3. The van der Waals surface area contributed by atoms with Crippen LogP contribution in [-0.4, -0.2) is 0 Å². The molecule has 0 heterocycles. The Hall–Kier alpha value is -0.980. The molecule has 0 aliphatic heterocycles. The van der Waals surface area contributed by atoms with Crippen LogP contribution in [0, 0.1) is 6.61 Å². The van der Waals surface area contributed by atoms with Crippen molar-refractivity contribution in [2.45, 2.75) is 44.9 Å². The van der Waals surface area contributed by atoms with Crippen molar-refractivity contribution >= 4 is 0 Å². The van der Waals surface area contributed by atoms with Crippen molar-refractivity contribution in [2.24, 2.45) is 0 Å². The van der Waals surface area contributed by atoms with E-state index in [1.54, 1.807) is 0 Å². The summed E-state index contributed by atoms with van der Waals surface area (Å²) in [5.41, 5.74) is 1.40. The van der Waals surface area contributed by atoms with Gasteiger partial charge in [0.1, 0.15) is 12.4 Å². The van der Waals surface area contributed by atoms with Gasteiger partial charge in [0.2, 0.25) is 0 Å². The fourth-order valence-electron chi connectivity index (χ4n) is 2.34. The molecule has 1 nitrogen and oxygen atoms in total. The molecule has 0 aromatic heterocycles. The fourth-order valence-corrected chi connectivity index (χ4v) is 2.34. The Morgan fingerprint density at radius 3 is 2.73 bits per heavy atom. The van der Waals surface area contributed by atoms with Crippen LogP contribution in [0.3, 0.4) is 0 Å². The van der Waals surface area contributed by atoms with Crippen molar-refractivity contribution in [3.05, 3.63) is 36.4 Å². The molecule has 1 saturated carbocycles. The van der Waals surface area contributed by atoms with E-state index in [0.29, 0.717) is 0 Å². The Kier molecular flexibility index (Phi) is 3.65. The van der Waals surface area contributed by atoms with E-state index >= 15 is 0 Å². The predicted octanol–water partition coefficient (Wildman–Crippen LogP) is 4.29. The highest BCUT2D eigenvalue weighted by Crippen LogP contribution is 2.38. The maximum Gasteiger partial charge on any atom is 0.135 e. The number of ether oxygens (including phenoxy) is 1. The summed E-state index contributed by atoms with van der Waals surface area (Å²) in [7, 11) is 0. The van der Waals surface area contributed by atoms with E-state index in [9.17, 15) is 0 Å². The minimum atomic E-state index is 0.728. The van der Waals surface area contributed by atoms with Gasteiger partial charge >= 0.3 is 0 Å². The zero-order chi connectivity index (χ0) is 10.5. The zero-order valence-corrected chi connectivity index (χ0v) is 9.41. The lowest BCUT2D eigenvalue weighted by molar-refractivity contribution is 0.389. The Bertz CT molecular complexity index is 300. The minimum absolute atomic E-state index is 0.728. The molecule has 15 heavy (non-hydrogen) atoms. The average molecular weight is 203 g/mol. The maximum atomic E-state index is 5.67. The number of benzene rings is 1. The van der Waals surface area contributed by atoms with E-state index < -0.39 is 0 Å². The Labute approximate surface area is 92.5 Å². The number of hydrogen-bond acceptors (Lipinski definition) is 1. The molecule has 2 rings (SSSR count). The van der Waals surface area contributed by atoms with Crippen molar-refractivity contribution in [1.82, 2.24) is 0 Å². The van der Waals surface area contributed by atoms with Gasteiger partial charge in [0, 0.05) is 0 Å². The van der Waals surface area contributed by atoms with Crippen LogP contribution in [0.4, 0.5) is 0 Å². The van der Waals surface area contributed by atoms with Gasteiger partial charge in [-0.25, -0.2) is 0 Å². The highest BCUT2D eigenvalue weighted by atomic mass is 16.5. The second-order valence-corrected chi connectivity index (χ2v) is 4.21. The molecule has 0 amide bonds. The second kappa shape index (κ2) is 5.20. The van der Waals surface area contributed by atoms with Gasteiger partial charge in [-0.15, -0.1) is 0 Å². The van der Waals surface area contributed by atoms with Gasteiger partial charge < -0.3 is 4.74 Å². The molecule has 0 bridgehead atoms. The first-order valence-corrected chi connectivity index (χ1v) is 5.99. The van der Waals surface area contributed by atoms with Crippen LogP contribution >= 0.6 is 0 Å². The first-order chi connectivity index (χ1) is 7.42. The van der Waals surface area contributed by atoms with Gasteiger partial charge in [-0.05, 0) is 36.8 Å². The molecule has 1 aliphatic carbocycles. The number of para-hydroxylation sites is 1. The molecular formula is C14H19O. The topological polar surface area (TPSA) is 9.23 Å². The molecule has 0 saturated heterocycles. The molecule has 1 radical (unpaired) electrons. The molecule has 1 fully saturated rings. The predicted molar refractivity (Wildman–Crippen MR) is 62.9 cm³/mol. The van der Waals surface area contributed by atoms with Crippen molar-refractivity contribution in [3.8, 4) is 5.75 Å². The Morgan fingerprint density at radius 2 is 2.00 bits per heavy atom. The third-order valence-corrected chi connectivity index (χ3v) is 3.09. The summed E-state index contributed by atoms with van der Waals surface area (Å²) >= 11 is 0. The van der Waals surface area contributed by atoms with E-state index in [-0.39, 0.29) is 0 Å². The molecule has 0 atom stereocenters. The van der Waals surface area contributed by atoms with Crippen LogP contribution < -0.4 is 4.74 Å². The molecular weight excluding hydrogens is 184 g/mol. The molecule has 1 aromatic rings. The monoisotopic (exact) mass is 203 g/mol. The average Bonchev–Trinajstić information content (AvgIpc) is 2.80. The van der Waals surface area contributed by atoms with Crippen LogP contribution in [0.15, 0.2) is 24.3 Å². The van der Waals surface area contributed by atoms with E-state index in [1.807, 2.05) is 6.61 Å². The van der Waals surface area contributed by atoms with E-state index in [0.717, 1.165) is 18.1 Å². The van der Waals surface area contributed by atoms with Crippen molar-refractivity contribution in [1.29, 1.82) is 0 Å². The molecule has 1 heteroatoms. The largest absolute Gasteiger partial charge is 0.486 e. The lowest BCUT2D eigenvalue weighted by atomic mass is 9.97. The summed E-state index contributed by atoms with van der Waals surface area (Å²) in [6, 6.07) is 8.47. The van der Waals surface area contributed by atoms with Crippen LogP contribution in [0.1, 0.15) is 50.5 Å². The van der Waals surface area contributed by atoms with Gasteiger partial charge in [0.25, 0.3) is 0 Å². The van der Waals surface area contributed by atoms with Crippen LogP contribution in [0.2, 0.25) is 0 Å². The van der Waals surface area contributed by atoms with Crippen LogP contribution in [-0.2, 0) is 0 Å². The van der Waals surface area contributed by atoms with Crippen molar-refractivity contribution < 1.29 is 4.74 Å². The summed E-state index contributed by atoms with van der Waals surface area (Å²) in [4.78, 5) is 0. The minimum Gasteiger partial charge on any atom is -0.486 e. The van der Waals surface area contributed by atoms with Gasteiger partial charge in [-0.2, -0.15) is 0 Å². The number of hydrogen-bond donors (Lipinski definition) is 0. The summed E-state index contributed by atoms with van der Waals surface area (Å²) < 4.78 is 5.67. The summed E-state index contributed by atoms with van der Waals surface area (Å²) in [5, 5.41) is 0. The first-order valence-electron chi connectivity index (χ1n) is 5.99. The van der Waals surface area contributed by atoms with Gasteiger partial charge in [0.05, 0.1) is 0 Å². The second-order valence-electron chi connectivity index (χ2n) is 4.21. The maximum absolute atomic E-state index is 5.67. The molecule has 0 spiro atoms. The lowest BCUT2D eigenvalue weighted by Crippen LogP contribution is -1.98. The van der Waals surface area contributed by atoms with Crippen LogP contribution in [0.25, 0.3) is 0 Å². The van der Waals surface area contributed by atoms with Crippen molar-refractivity contribution in [3.63, 3.8) is 0 Å². The van der Waals surface area contributed by atoms with Crippen molar-refractivity contribution in [2.75, 3.05) is 0 Å². The molecule has 0 unspecified atom stereocenters. The Morgan fingerprint density at radius 1 is 1.27 bits per heavy atom. The summed E-state index contributed by atoms with van der Waals surface area (Å²) in [6.45, 7) is 3.98. The highest BCUT2D eigenvalue weighted by Gasteiger charge is 2.19. The normalized spacial score (nSPS) is 16.9.